The van der Waals surface area contributed by atoms with Crippen LogP contribution >= 0.6 is 40.2 Å². The van der Waals surface area contributed by atoms with Gasteiger partial charge < -0.3 is 0 Å². The Morgan fingerprint density at radius 3 is 2.69 bits per heavy atom. The summed E-state index contributed by atoms with van der Waals surface area (Å²) in [5.74, 6) is -0.0816. The molecule has 0 aromatic heterocycles. The van der Waals surface area contributed by atoms with Gasteiger partial charge in [0.1, 0.15) is 0 Å². The summed E-state index contributed by atoms with van der Waals surface area (Å²) in [4.78, 5) is 12.3. The Hall–Kier alpha value is 0.01000. The molecule has 0 bridgehead atoms. The van der Waals surface area contributed by atoms with E-state index in [1.54, 1.807) is 25.1 Å². The molecule has 1 nitrogen and oxygen atoms in total. The van der Waals surface area contributed by atoms with Crippen LogP contribution in [0.2, 0.25) is 0 Å². The molecule has 0 N–H and O–H groups in total. The van der Waals surface area contributed by atoms with E-state index >= 15 is 0 Å². The first-order valence-corrected chi connectivity index (χ1v) is 5.37. The summed E-state index contributed by atoms with van der Waals surface area (Å²) in [7, 11) is 0. The molecule has 0 saturated carbocycles. The molecule has 0 spiro atoms. The number of rotatable bonds is 2. The van der Waals surface area contributed by atoms with Gasteiger partial charge in [0, 0.05) is 14.9 Å². The lowest BCUT2D eigenvalue weighted by Gasteiger charge is -2.05. The Morgan fingerprint density at radius 1 is 1.62 bits per heavy atom. The molecule has 0 aliphatic heterocycles. The average molecular weight is 280 g/mol. The van der Waals surface area contributed by atoms with Crippen LogP contribution in [0.1, 0.15) is 17.3 Å². The van der Waals surface area contributed by atoms with Gasteiger partial charge in [0.05, 0.1) is 5.38 Å². The number of thiol groups is 1. The van der Waals surface area contributed by atoms with Crippen molar-refractivity contribution in [1.29, 1.82) is 0 Å². The molecule has 1 aromatic carbocycles. The first-order valence-electron chi connectivity index (χ1n) is 3.69. The van der Waals surface area contributed by atoms with Gasteiger partial charge in [0.25, 0.3) is 0 Å². The average Bonchev–Trinajstić information content (AvgIpc) is 2.03. The van der Waals surface area contributed by atoms with Gasteiger partial charge in [0.2, 0.25) is 0 Å². The second-order valence-electron chi connectivity index (χ2n) is 2.64. The highest BCUT2D eigenvalue weighted by atomic mass is 79.9. The van der Waals surface area contributed by atoms with Crippen LogP contribution in [0, 0.1) is 0 Å². The number of benzene rings is 1. The minimum Gasteiger partial charge on any atom is -0.292 e. The first-order chi connectivity index (χ1) is 6.02. The Balaban J connectivity index is 3.09. The number of halogens is 2. The van der Waals surface area contributed by atoms with Crippen molar-refractivity contribution in [2.45, 2.75) is 17.2 Å². The van der Waals surface area contributed by atoms with Crippen molar-refractivity contribution in [3.8, 4) is 0 Å². The van der Waals surface area contributed by atoms with Crippen LogP contribution in [0.4, 0.5) is 0 Å². The number of carbonyl (C=O) groups is 1. The Morgan fingerprint density at radius 2 is 2.23 bits per heavy atom. The van der Waals surface area contributed by atoms with E-state index in [4.69, 9.17) is 11.6 Å². The van der Waals surface area contributed by atoms with Crippen molar-refractivity contribution in [2.24, 2.45) is 0 Å². The molecule has 0 fully saturated rings. The fraction of sp³-hybridized carbons (Fsp3) is 0.222. The fourth-order valence-electron chi connectivity index (χ4n) is 0.918. The van der Waals surface area contributed by atoms with Crippen LogP contribution in [-0.4, -0.2) is 11.2 Å². The van der Waals surface area contributed by atoms with Gasteiger partial charge in [-0.25, -0.2) is 0 Å². The third-order valence-electron chi connectivity index (χ3n) is 1.58. The second kappa shape index (κ2) is 4.49. The third-order valence-corrected chi connectivity index (χ3v) is 2.71. The molecule has 1 unspecified atom stereocenters. The highest BCUT2D eigenvalue weighted by Crippen LogP contribution is 2.22. The normalized spacial score (nSPS) is 12.6. The van der Waals surface area contributed by atoms with Gasteiger partial charge in [-0.2, -0.15) is 0 Å². The highest BCUT2D eigenvalue weighted by molar-refractivity contribution is 9.10. The number of carbonyl (C=O) groups excluding carboxylic acids is 1. The molecule has 0 aliphatic rings. The topological polar surface area (TPSA) is 17.1 Å². The summed E-state index contributed by atoms with van der Waals surface area (Å²) in [6, 6.07) is 5.25. The lowest BCUT2D eigenvalue weighted by atomic mass is 10.1. The number of ketones is 1. The highest BCUT2D eigenvalue weighted by Gasteiger charge is 2.14. The van der Waals surface area contributed by atoms with Crippen molar-refractivity contribution in [2.75, 3.05) is 0 Å². The summed E-state index contributed by atoms with van der Waals surface area (Å²) in [5.41, 5.74) is 0.598. The molecule has 1 aromatic rings. The van der Waals surface area contributed by atoms with Crippen LogP contribution in [0.25, 0.3) is 0 Å². The van der Waals surface area contributed by atoms with E-state index in [-0.39, 0.29) is 5.78 Å². The van der Waals surface area contributed by atoms with E-state index in [2.05, 4.69) is 28.6 Å². The molecular weight excluding hydrogens is 272 g/mol. The minimum absolute atomic E-state index is 0.0816. The van der Waals surface area contributed by atoms with Gasteiger partial charge in [-0.05, 0) is 25.1 Å². The van der Waals surface area contributed by atoms with Crippen LogP contribution in [-0.2, 0) is 0 Å². The molecule has 4 heteroatoms. The minimum atomic E-state index is -0.498. The number of hydrogen-bond donors (Lipinski definition) is 1. The molecule has 0 heterocycles. The van der Waals surface area contributed by atoms with E-state index in [9.17, 15) is 4.79 Å². The Labute approximate surface area is 96.0 Å². The standard InChI is InChI=1S/C9H8BrClOS/c1-5(11)9(12)7-3-2-6(13)4-8(7)10/h2-5,13H,1H3. The van der Waals surface area contributed by atoms with Crippen molar-refractivity contribution in [1.82, 2.24) is 0 Å². The maximum Gasteiger partial charge on any atom is 0.181 e. The van der Waals surface area contributed by atoms with Crippen LogP contribution < -0.4 is 0 Å². The summed E-state index contributed by atoms with van der Waals surface area (Å²) < 4.78 is 0.734. The van der Waals surface area contributed by atoms with Crippen molar-refractivity contribution >= 4 is 45.9 Å². The van der Waals surface area contributed by atoms with E-state index in [0.717, 1.165) is 9.37 Å². The summed E-state index contributed by atoms with van der Waals surface area (Å²) in [5, 5.41) is -0.498. The van der Waals surface area contributed by atoms with Gasteiger partial charge in [-0.1, -0.05) is 15.9 Å². The fourth-order valence-corrected chi connectivity index (χ4v) is 1.99. The van der Waals surface area contributed by atoms with Crippen LogP contribution in [0.3, 0.4) is 0 Å². The largest absolute Gasteiger partial charge is 0.292 e. The quantitative estimate of drug-likeness (QED) is 0.498. The lowest BCUT2D eigenvalue weighted by molar-refractivity contribution is 0.0991. The van der Waals surface area contributed by atoms with Gasteiger partial charge >= 0.3 is 0 Å². The van der Waals surface area contributed by atoms with Crippen LogP contribution in [0.15, 0.2) is 27.6 Å². The molecule has 70 valence electrons. The Kier molecular flexibility index (Phi) is 3.83. The van der Waals surface area contributed by atoms with Crippen molar-refractivity contribution in [3.63, 3.8) is 0 Å². The molecule has 0 aliphatic carbocycles. The zero-order valence-corrected chi connectivity index (χ0v) is 10.2. The number of alkyl halides is 1. The van der Waals surface area contributed by atoms with Crippen molar-refractivity contribution < 1.29 is 4.79 Å². The summed E-state index contributed by atoms with van der Waals surface area (Å²) in [6.07, 6.45) is 0. The van der Waals surface area contributed by atoms with Gasteiger partial charge in [-0.15, -0.1) is 24.2 Å². The van der Waals surface area contributed by atoms with E-state index in [1.807, 2.05) is 0 Å². The summed E-state index contributed by atoms with van der Waals surface area (Å²) >= 11 is 13.1. The molecule has 13 heavy (non-hydrogen) atoms. The molecule has 0 radical (unpaired) electrons. The lowest BCUT2D eigenvalue weighted by Crippen LogP contribution is -2.10. The molecular formula is C9H8BrClOS. The van der Waals surface area contributed by atoms with E-state index in [0.29, 0.717) is 5.56 Å². The maximum absolute atomic E-state index is 11.5. The molecule has 0 amide bonds. The third kappa shape index (κ3) is 2.73. The smallest absolute Gasteiger partial charge is 0.181 e. The zero-order chi connectivity index (χ0) is 10.0. The number of Topliss-reactive ketones (excluding diaryl/α,β-unsaturated/α-hetero) is 1. The zero-order valence-electron chi connectivity index (χ0n) is 6.92. The van der Waals surface area contributed by atoms with Gasteiger partial charge in [0.15, 0.2) is 5.78 Å². The predicted molar refractivity (Wildman–Crippen MR) is 61.0 cm³/mol. The predicted octanol–water partition coefficient (Wildman–Crippen LogP) is 3.55. The maximum atomic E-state index is 11.5. The van der Waals surface area contributed by atoms with E-state index in [1.165, 1.54) is 0 Å². The molecule has 1 rings (SSSR count). The summed E-state index contributed by atoms with van der Waals surface area (Å²) in [6.45, 7) is 1.66. The van der Waals surface area contributed by atoms with Crippen LogP contribution in [0.5, 0.6) is 0 Å². The Bertz CT molecular complexity index is 338. The number of hydrogen-bond acceptors (Lipinski definition) is 2. The molecule has 1 atom stereocenters. The SMILES string of the molecule is CC(Cl)C(=O)c1ccc(S)cc1Br. The molecule has 0 saturated heterocycles. The van der Waals surface area contributed by atoms with E-state index < -0.39 is 5.38 Å². The van der Waals surface area contributed by atoms with Crippen molar-refractivity contribution in [3.05, 3.63) is 28.2 Å². The first kappa shape index (κ1) is 11.1. The van der Waals surface area contributed by atoms with Gasteiger partial charge in [-0.3, -0.25) is 4.79 Å². The second-order valence-corrected chi connectivity index (χ2v) is 4.67. The monoisotopic (exact) mass is 278 g/mol.